The van der Waals surface area contributed by atoms with Gasteiger partial charge in [-0.2, -0.15) is 25.3 Å². The molecule has 8 atom stereocenters. The van der Waals surface area contributed by atoms with Crippen LogP contribution in [0.5, 0.6) is 5.75 Å². The Labute approximate surface area is 455 Å². The maximum Gasteiger partial charge on any atom is 0.327 e. The molecule has 28 nitrogen and oxygen atoms in total. The van der Waals surface area contributed by atoms with E-state index >= 15 is 0 Å². The van der Waals surface area contributed by atoms with E-state index in [9.17, 15) is 48.6 Å². The summed E-state index contributed by atoms with van der Waals surface area (Å²) in [5.74, 6) is -8.39. The number of aromatic nitrogens is 1. The van der Waals surface area contributed by atoms with Crippen LogP contribution in [0, 0.1) is 0 Å². The van der Waals surface area contributed by atoms with E-state index in [1.54, 1.807) is 30.5 Å². The number of fused-ring (bicyclic) bond motifs is 1. The third kappa shape index (κ3) is 22.4. The number of hydrogen-bond acceptors (Lipinski definition) is 15. The van der Waals surface area contributed by atoms with Crippen molar-refractivity contribution in [3.8, 4) is 5.75 Å². The number of aliphatic imine (C=N–C) groups is 3. The zero-order valence-electron chi connectivity index (χ0n) is 42.4. The second-order valence-corrected chi connectivity index (χ2v) is 18.4. The Balaban J connectivity index is 1.94. The number of nitrogens with two attached hydrogens (primary N) is 7. The van der Waals surface area contributed by atoms with Gasteiger partial charge in [-0.15, -0.1) is 0 Å². The normalized spacial score (nSPS) is 14.0. The molecule has 3 rings (SSSR count). The summed E-state index contributed by atoms with van der Waals surface area (Å²) in [5.41, 5.74) is 40.5. The van der Waals surface area contributed by atoms with Crippen LogP contribution in [0.4, 0.5) is 0 Å². The van der Waals surface area contributed by atoms with E-state index < -0.39 is 95.7 Å². The molecule has 0 saturated heterocycles. The molecule has 0 radical (unpaired) electrons. The Morgan fingerprint density at radius 3 is 1.48 bits per heavy atom. The van der Waals surface area contributed by atoms with Crippen molar-refractivity contribution in [1.29, 1.82) is 0 Å². The molecule has 1 heterocycles. The highest BCUT2D eigenvalue weighted by Crippen LogP contribution is 2.20. The van der Waals surface area contributed by atoms with Crippen molar-refractivity contribution in [2.24, 2.45) is 55.1 Å². The minimum atomic E-state index is -1.50. The number of nitrogens with zero attached hydrogens (tertiary/aromatic N) is 3. The van der Waals surface area contributed by atoms with Gasteiger partial charge in [-0.05, 0) is 74.8 Å². The smallest absolute Gasteiger partial charge is 0.327 e. The van der Waals surface area contributed by atoms with Gasteiger partial charge in [0, 0.05) is 61.1 Å². The molecule has 24 N–H and O–H groups in total. The molecule has 1 aromatic heterocycles. The number of guanidine groups is 3. The number of phenolic OH excluding ortho intramolecular Hbond substituents is 1. The molecule has 2 aromatic carbocycles. The lowest BCUT2D eigenvalue weighted by atomic mass is 10.0. The van der Waals surface area contributed by atoms with Crippen molar-refractivity contribution in [1.82, 2.24) is 42.2 Å². The number of amides is 7. The molecule has 0 unspecified atom stereocenters. The van der Waals surface area contributed by atoms with Crippen molar-refractivity contribution in [3.63, 3.8) is 0 Å². The van der Waals surface area contributed by atoms with E-state index in [0.717, 1.165) is 10.9 Å². The number of carboxylic acid groups (broad SMARTS) is 1. The summed E-state index contributed by atoms with van der Waals surface area (Å²) >= 11 is 8.24. The van der Waals surface area contributed by atoms with Gasteiger partial charge in [-0.1, -0.05) is 30.3 Å². The van der Waals surface area contributed by atoms with Gasteiger partial charge in [-0.3, -0.25) is 48.5 Å². The van der Waals surface area contributed by atoms with Crippen LogP contribution in [-0.4, -0.2) is 160 Å². The lowest BCUT2D eigenvalue weighted by molar-refractivity contribution is -0.141. The number of thiol groups is 2. The third-order valence-corrected chi connectivity index (χ3v) is 12.3. The molecule has 77 heavy (non-hydrogen) atoms. The summed E-state index contributed by atoms with van der Waals surface area (Å²) in [5, 5.41) is 38.5. The Morgan fingerprint density at radius 2 is 0.974 bits per heavy atom. The lowest BCUT2D eigenvalue weighted by Gasteiger charge is -2.27. The van der Waals surface area contributed by atoms with Crippen LogP contribution in [0.25, 0.3) is 10.9 Å². The number of hydrogen-bond donors (Lipinski definition) is 19. The maximum absolute atomic E-state index is 14.6. The number of aliphatic carboxylic acids is 1. The second-order valence-electron chi connectivity index (χ2n) is 17.7. The van der Waals surface area contributed by atoms with Gasteiger partial charge >= 0.3 is 5.97 Å². The number of para-hydroxylation sites is 1. The van der Waals surface area contributed by atoms with Gasteiger partial charge < -0.3 is 92.6 Å². The fourth-order valence-electron chi connectivity index (χ4n) is 7.43. The van der Waals surface area contributed by atoms with Crippen molar-refractivity contribution in [2.75, 3.05) is 31.1 Å². The van der Waals surface area contributed by atoms with E-state index in [-0.39, 0.29) is 99.7 Å². The summed E-state index contributed by atoms with van der Waals surface area (Å²) in [6, 6.07) is 2.13. The topological polar surface area (TPSA) is 496 Å². The monoisotopic (exact) mass is 1110 g/mol. The number of carbonyl (C=O) groups excluding carboxylic acids is 7. The average Bonchev–Trinajstić information content (AvgIpc) is 3.79. The number of benzene rings is 2. The number of aromatic amines is 1. The standard InChI is InChI=1S/C47H72N18O10S2/c1-24(59-43(73)35(22-76)64-38(68)29(48)8-4-16-55-45(49)50)37(67)60-31(10-5-17-56-46(51)52)39(69)62-33(19-25-12-14-27(66)15-13-25)41(71)61-32(11-6-18-57-47(53)54)40(70)63-34(42(72)65-36(23-77)44(74)75)20-26-21-58-30-9-3-2-7-28(26)30/h2-3,7,9,12-15,21,24,29,31-36,58,66,76-77H,4-6,8,10-11,16-20,22-23,48H2,1H3,(H,59,73)(H,60,67)(H,61,71)(H,62,69)(H,63,70)(H,64,68)(H,65,72)(H,74,75)(H4,49,50,55)(H4,51,52,56)(H4,53,54,57)/t24-,29+,31+,32+,33-,34-,35+,36+/m1/s1. The number of phenols is 1. The summed E-state index contributed by atoms with van der Waals surface area (Å²) in [7, 11) is 0. The highest BCUT2D eigenvalue weighted by atomic mass is 32.1. The fourth-order valence-corrected chi connectivity index (χ4v) is 7.93. The van der Waals surface area contributed by atoms with Gasteiger partial charge in [0.2, 0.25) is 41.4 Å². The summed E-state index contributed by atoms with van der Waals surface area (Å²) in [4.78, 5) is 124. The van der Waals surface area contributed by atoms with E-state index in [1.807, 2.05) is 0 Å². The number of aromatic hydroxyl groups is 1. The number of nitrogens with one attached hydrogen (secondary N) is 8. The first-order valence-corrected chi connectivity index (χ1v) is 25.6. The minimum Gasteiger partial charge on any atom is -0.508 e. The van der Waals surface area contributed by atoms with Crippen LogP contribution in [0.15, 0.2) is 69.7 Å². The Kier molecular flexibility index (Phi) is 26.7. The lowest BCUT2D eigenvalue weighted by Crippen LogP contribution is -2.60. The number of carboxylic acids is 1. The van der Waals surface area contributed by atoms with E-state index in [1.165, 1.54) is 31.2 Å². The molecule has 7 amide bonds. The molecule has 0 fully saturated rings. The fraction of sp³-hybridized carbons (Fsp3) is 0.468. The van der Waals surface area contributed by atoms with Crippen molar-refractivity contribution >= 4 is 101 Å². The average molecular weight is 1110 g/mol. The Morgan fingerprint density at radius 1 is 0.545 bits per heavy atom. The van der Waals surface area contributed by atoms with Gasteiger partial charge in [0.05, 0.1) is 6.04 Å². The molecule has 422 valence electrons. The maximum atomic E-state index is 14.6. The Hall–Kier alpha value is -7.99. The first-order chi connectivity index (χ1) is 36.5. The quantitative estimate of drug-likeness (QED) is 0.0118. The van der Waals surface area contributed by atoms with E-state index in [0.29, 0.717) is 17.5 Å². The molecule has 0 saturated carbocycles. The van der Waals surface area contributed by atoms with Crippen LogP contribution in [0.1, 0.15) is 56.6 Å². The second kappa shape index (κ2) is 32.5. The first kappa shape index (κ1) is 63.3. The van der Waals surface area contributed by atoms with Gasteiger partial charge in [0.15, 0.2) is 17.9 Å². The zero-order chi connectivity index (χ0) is 57.2. The van der Waals surface area contributed by atoms with Crippen LogP contribution in [-0.2, 0) is 51.2 Å². The molecule has 0 spiro atoms. The van der Waals surface area contributed by atoms with Gasteiger partial charge in [0.25, 0.3) is 0 Å². The van der Waals surface area contributed by atoms with Gasteiger partial charge in [0.1, 0.15) is 48.0 Å². The predicted octanol–water partition coefficient (Wildman–Crippen LogP) is -4.50. The highest BCUT2D eigenvalue weighted by Gasteiger charge is 2.34. The molecule has 0 aliphatic carbocycles. The molecular weight excluding hydrogens is 1040 g/mol. The van der Waals surface area contributed by atoms with Gasteiger partial charge in [-0.25, -0.2) is 4.79 Å². The zero-order valence-corrected chi connectivity index (χ0v) is 44.2. The van der Waals surface area contributed by atoms with Crippen LogP contribution >= 0.6 is 25.3 Å². The SMILES string of the molecule is C[C@@H](NC(=O)[C@H](CS)NC(=O)[C@@H](N)CCCN=C(N)N)C(=O)N[C@@H](CCCN=C(N)N)C(=O)N[C@H](Cc1ccc(O)cc1)C(=O)N[C@@H](CCCN=C(N)N)C(=O)N[C@H](Cc1c[nH]c2ccccc12)C(=O)N[C@@H](CS)C(=O)O. The minimum absolute atomic E-state index is 0.0120. The molecule has 0 aliphatic heterocycles. The van der Waals surface area contributed by atoms with E-state index in [2.05, 4.69) is 82.4 Å². The molecule has 3 aromatic rings. The number of H-pyrrole nitrogens is 1. The Bertz CT molecular complexity index is 2570. The third-order valence-electron chi connectivity index (χ3n) is 11.6. The summed E-state index contributed by atoms with van der Waals surface area (Å²) in [6.07, 6.45) is 1.85. The summed E-state index contributed by atoms with van der Waals surface area (Å²) < 4.78 is 0. The molecule has 0 bridgehead atoms. The first-order valence-electron chi connectivity index (χ1n) is 24.3. The molecule has 30 heteroatoms. The van der Waals surface area contributed by atoms with Crippen LogP contribution < -0.4 is 77.4 Å². The van der Waals surface area contributed by atoms with Crippen molar-refractivity contribution in [3.05, 3.63) is 65.9 Å². The predicted molar refractivity (Wildman–Crippen MR) is 296 cm³/mol. The van der Waals surface area contributed by atoms with Crippen molar-refractivity contribution in [2.45, 2.75) is 107 Å². The summed E-state index contributed by atoms with van der Waals surface area (Å²) in [6.45, 7) is 1.58. The largest absolute Gasteiger partial charge is 0.508 e. The number of carbonyl (C=O) groups is 8. The molecular formula is C47H72N18O10S2. The van der Waals surface area contributed by atoms with Crippen LogP contribution in [0.3, 0.4) is 0 Å². The number of rotatable bonds is 33. The van der Waals surface area contributed by atoms with Crippen LogP contribution in [0.2, 0.25) is 0 Å². The van der Waals surface area contributed by atoms with E-state index in [4.69, 9.17) is 40.1 Å². The van der Waals surface area contributed by atoms with Crippen molar-refractivity contribution < 1.29 is 48.6 Å². The highest BCUT2D eigenvalue weighted by molar-refractivity contribution is 7.80. The molecule has 0 aliphatic rings.